The number of hydrogen-bond donors (Lipinski definition) is 0. The number of aromatic nitrogens is 2. The Bertz CT molecular complexity index is 314. The van der Waals surface area contributed by atoms with Crippen LogP contribution in [-0.4, -0.2) is 9.97 Å². The maximum atomic E-state index is 3.88. The third-order valence-corrected chi connectivity index (χ3v) is 1.62. The summed E-state index contributed by atoms with van der Waals surface area (Å²) in [7, 11) is 0. The molecule has 16 heavy (non-hydrogen) atoms. The molecule has 2 aromatic rings. The van der Waals surface area contributed by atoms with Crippen LogP contribution in [0.2, 0.25) is 0 Å². The SMILES string of the molecule is Br.Br.Cc1cccnc1.Cc1cccnc1. The van der Waals surface area contributed by atoms with Gasteiger partial charge in [0.25, 0.3) is 0 Å². The number of halogens is 2. The average molecular weight is 348 g/mol. The van der Waals surface area contributed by atoms with Gasteiger partial charge >= 0.3 is 0 Å². The second-order valence-corrected chi connectivity index (χ2v) is 3.06. The summed E-state index contributed by atoms with van der Waals surface area (Å²) in [6.45, 7) is 4.04. The quantitative estimate of drug-likeness (QED) is 0.721. The maximum Gasteiger partial charge on any atom is 0.0297 e. The minimum Gasteiger partial charge on any atom is -0.264 e. The van der Waals surface area contributed by atoms with E-state index in [-0.39, 0.29) is 34.0 Å². The first-order valence-corrected chi connectivity index (χ1v) is 4.52. The average Bonchev–Trinajstić information content (AvgIpc) is 2.21. The molecule has 0 amide bonds. The van der Waals surface area contributed by atoms with Crippen LogP contribution in [-0.2, 0) is 0 Å². The third kappa shape index (κ3) is 8.56. The van der Waals surface area contributed by atoms with Gasteiger partial charge in [0, 0.05) is 24.8 Å². The van der Waals surface area contributed by atoms with Crippen molar-refractivity contribution in [2.45, 2.75) is 13.8 Å². The Hall–Kier alpha value is -0.740. The zero-order chi connectivity index (χ0) is 10.2. The predicted molar refractivity (Wildman–Crippen MR) is 78.6 cm³/mol. The van der Waals surface area contributed by atoms with E-state index in [4.69, 9.17) is 0 Å². The van der Waals surface area contributed by atoms with Crippen LogP contribution in [0.5, 0.6) is 0 Å². The van der Waals surface area contributed by atoms with Gasteiger partial charge in [0.15, 0.2) is 0 Å². The first-order valence-electron chi connectivity index (χ1n) is 4.52. The largest absolute Gasteiger partial charge is 0.264 e. The Morgan fingerprint density at radius 2 is 1.12 bits per heavy atom. The van der Waals surface area contributed by atoms with Gasteiger partial charge < -0.3 is 0 Å². The highest BCUT2D eigenvalue weighted by atomic mass is 79.9. The summed E-state index contributed by atoms with van der Waals surface area (Å²) in [5, 5.41) is 0. The van der Waals surface area contributed by atoms with Crippen LogP contribution in [0.25, 0.3) is 0 Å². The summed E-state index contributed by atoms with van der Waals surface area (Å²) in [6, 6.07) is 7.89. The maximum absolute atomic E-state index is 3.88. The zero-order valence-corrected chi connectivity index (χ0v) is 12.8. The summed E-state index contributed by atoms with van der Waals surface area (Å²) >= 11 is 0. The number of aryl methyl sites for hydroxylation is 2. The molecule has 0 unspecified atom stereocenters. The highest BCUT2D eigenvalue weighted by Gasteiger charge is 1.73. The van der Waals surface area contributed by atoms with Gasteiger partial charge in [-0.3, -0.25) is 9.97 Å². The molecule has 4 heteroatoms. The lowest BCUT2D eigenvalue weighted by Crippen LogP contribution is -1.69. The van der Waals surface area contributed by atoms with Crippen LogP contribution < -0.4 is 0 Å². The van der Waals surface area contributed by atoms with E-state index in [0.717, 1.165) is 0 Å². The second-order valence-electron chi connectivity index (χ2n) is 3.06. The molecule has 0 aromatic carbocycles. The van der Waals surface area contributed by atoms with E-state index in [0.29, 0.717) is 0 Å². The highest BCUT2D eigenvalue weighted by Crippen LogP contribution is 1.88. The van der Waals surface area contributed by atoms with Crippen LogP contribution in [0, 0.1) is 13.8 Å². The molecule has 0 spiro atoms. The van der Waals surface area contributed by atoms with Crippen molar-refractivity contribution in [3.63, 3.8) is 0 Å². The Morgan fingerprint density at radius 1 is 0.750 bits per heavy atom. The van der Waals surface area contributed by atoms with E-state index in [1.807, 2.05) is 50.5 Å². The van der Waals surface area contributed by atoms with Crippen LogP contribution >= 0.6 is 34.0 Å². The van der Waals surface area contributed by atoms with E-state index in [1.54, 1.807) is 12.4 Å². The van der Waals surface area contributed by atoms with E-state index >= 15 is 0 Å². The van der Waals surface area contributed by atoms with Gasteiger partial charge in [-0.25, -0.2) is 0 Å². The third-order valence-electron chi connectivity index (χ3n) is 1.62. The fourth-order valence-electron chi connectivity index (χ4n) is 0.896. The zero-order valence-electron chi connectivity index (χ0n) is 9.33. The van der Waals surface area contributed by atoms with Gasteiger partial charge in [-0.1, -0.05) is 12.1 Å². The van der Waals surface area contributed by atoms with Crippen molar-refractivity contribution in [2.75, 3.05) is 0 Å². The van der Waals surface area contributed by atoms with Crippen molar-refractivity contribution in [3.05, 3.63) is 60.2 Å². The number of hydrogen-bond acceptors (Lipinski definition) is 2. The fraction of sp³-hybridized carbons (Fsp3) is 0.167. The van der Waals surface area contributed by atoms with Crippen molar-refractivity contribution in [1.82, 2.24) is 9.97 Å². The molecule has 0 aliphatic heterocycles. The molecule has 2 aromatic heterocycles. The molecule has 2 nitrogen and oxygen atoms in total. The summed E-state index contributed by atoms with van der Waals surface area (Å²) < 4.78 is 0. The smallest absolute Gasteiger partial charge is 0.0297 e. The minimum atomic E-state index is 0. The molecule has 0 bridgehead atoms. The molecule has 88 valence electrons. The summed E-state index contributed by atoms with van der Waals surface area (Å²) in [5.74, 6) is 0. The lowest BCUT2D eigenvalue weighted by Gasteiger charge is -1.82. The molecule has 2 heterocycles. The molecule has 0 radical (unpaired) electrons. The Labute approximate surface area is 118 Å². The lowest BCUT2D eigenvalue weighted by atomic mass is 10.3. The molecule has 0 fully saturated rings. The molecule has 0 N–H and O–H groups in total. The normalized spacial score (nSPS) is 7.62. The first kappa shape index (κ1) is 17.6. The molecule has 0 saturated heterocycles. The fourth-order valence-corrected chi connectivity index (χ4v) is 0.896. The van der Waals surface area contributed by atoms with Crippen molar-refractivity contribution < 1.29 is 0 Å². The summed E-state index contributed by atoms with van der Waals surface area (Å²) in [5.41, 5.74) is 2.42. The van der Waals surface area contributed by atoms with Crippen molar-refractivity contribution in [1.29, 1.82) is 0 Å². The molecule has 2 rings (SSSR count). The molecular weight excluding hydrogens is 332 g/mol. The number of pyridine rings is 2. The van der Waals surface area contributed by atoms with Gasteiger partial charge in [0.05, 0.1) is 0 Å². The Balaban J connectivity index is 0. The van der Waals surface area contributed by atoms with Crippen molar-refractivity contribution in [2.24, 2.45) is 0 Å². The van der Waals surface area contributed by atoms with Crippen LogP contribution in [0.4, 0.5) is 0 Å². The molecule has 0 aliphatic rings. The molecule has 0 aliphatic carbocycles. The summed E-state index contributed by atoms with van der Waals surface area (Å²) in [6.07, 6.45) is 7.21. The monoisotopic (exact) mass is 346 g/mol. The Kier molecular flexibility index (Phi) is 11.9. The predicted octanol–water partition coefficient (Wildman–Crippen LogP) is 3.94. The summed E-state index contributed by atoms with van der Waals surface area (Å²) in [4.78, 5) is 7.77. The lowest BCUT2D eigenvalue weighted by molar-refractivity contribution is 1.27. The number of rotatable bonds is 0. The van der Waals surface area contributed by atoms with Crippen LogP contribution in [0.15, 0.2) is 49.1 Å². The topological polar surface area (TPSA) is 25.8 Å². The van der Waals surface area contributed by atoms with Crippen LogP contribution in [0.3, 0.4) is 0 Å². The second kappa shape index (κ2) is 10.8. The number of nitrogens with zero attached hydrogens (tertiary/aromatic N) is 2. The van der Waals surface area contributed by atoms with E-state index in [2.05, 4.69) is 9.97 Å². The van der Waals surface area contributed by atoms with E-state index in [1.165, 1.54) is 11.1 Å². The van der Waals surface area contributed by atoms with Gasteiger partial charge in [-0.2, -0.15) is 0 Å². The Morgan fingerprint density at radius 3 is 1.25 bits per heavy atom. The van der Waals surface area contributed by atoms with Gasteiger partial charge in [-0.05, 0) is 37.1 Å². The molecule has 0 saturated carbocycles. The van der Waals surface area contributed by atoms with E-state index < -0.39 is 0 Å². The molecular formula is C12H16Br2N2. The first-order chi connectivity index (χ1) is 6.79. The van der Waals surface area contributed by atoms with E-state index in [9.17, 15) is 0 Å². The van der Waals surface area contributed by atoms with Gasteiger partial charge in [-0.15, -0.1) is 34.0 Å². The van der Waals surface area contributed by atoms with Crippen molar-refractivity contribution in [3.8, 4) is 0 Å². The standard InChI is InChI=1S/2C6H7N.2BrH/c2*1-6-3-2-4-7-5-6;;/h2*2-5H,1H3;2*1H. The van der Waals surface area contributed by atoms with Crippen LogP contribution in [0.1, 0.15) is 11.1 Å². The minimum absolute atomic E-state index is 0. The molecule has 0 atom stereocenters. The van der Waals surface area contributed by atoms with Gasteiger partial charge in [0.1, 0.15) is 0 Å². The van der Waals surface area contributed by atoms with Gasteiger partial charge in [0.2, 0.25) is 0 Å². The van der Waals surface area contributed by atoms with Crippen molar-refractivity contribution >= 4 is 34.0 Å². The highest BCUT2D eigenvalue weighted by molar-refractivity contribution is 8.93.